The second-order valence-electron chi connectivity index (χ2n) is 9.03. The first-order chi connectivity index (χ1) is 15.3. The highest BCUT2D eigenvalue weighted by molar-refractivity contribution is 7.85. The number of pyridine rings is 1. The van der Waals surface area contributed by atoms with E-state index in [-0.39, 0.29) is 18.0 Å². The Bertz CT molecular complexity index is 1170. The van der Waals surface area contributed by atoms with E-state index < -0.39 is 16.2 Å². The van der Waals surface area contributed by atoms with Gasteiger partial charge in [-0.2, -0.15) is 0 Å². The number of nitrogens with zero attached hydrogens (tertiary/aromatic N) is 3. The molecular formula is C24H29N3O4S. The number of hydrogen-bond donors (Lipinski definition) is 0. The molecule has 0 aliphatic heterocycles. The number of para-hydroxylation sites is 2. The first-order valence-electron chi connectivity index (χ1n) is 10.9. The average molecular weight is 456 g/mol. The molecule has 170 valence electrons. The van der Waals surface area contributed by atoms with E-state index >= 15 is 0 Å². The van der Waals surface area contributed by atoms with Crippen molar-refractivity contribution in [3.8, 4) is 5.75 Å². The van der Waals surface area contributed by atoms with E-state index in [4.69, 9.17) is 9.47 Å². The molecule has 0 radical (unpaired) electrons. The van der Waals surface area contributed by atoms with Gasteiger partial charge in [-0.05, 0) is 58.2 Å². The monoisotopic (exact) mass is 455 g/mol. The van der Waals surface area contributed by atoms with Crippen LogP contribution in [0.4, 0.5) is 0 Å². The summed E-state index contributed by atoms with van der Waals surface area (Å²) in [5, 5.41) is 0.0897. The van der Waals surface area contributed by atoms with Crippen LogP contribution in [0, 0.1) is 5.41 Å². The Morgan fingerprint density at radius 1 is 1.22 bits per heavy atom. The third kappa shape index (κ3) is 4.28. The molecule has 4 rings (SSSR count). The van der Waals surface area contributed by atoms with Gasteiger partial charge in [-0.1, -0.05) is 18.6 Å². The first kappa shape index (κ1) is 22.5. The van der Waals surface area contributed by atoms with Crippen LogP contribution >= 0.6 is 0 Å². The maximum atomic E-state index is 14.0. The molecule has 1 aliphatic rings. The molecule has 0 bridgehead atoms. The summed E-state index contributed by atoms with van der Waals surface area (Å²) in [4.78, 5) is 21.7. The normalized spacial score (nSPS) is 17.4. The minimum absolute atomic E-state index is 0.0389. The van der Waals surface area contributed by atoms with Gasteiger partial charge in [0.2, 0.25) is 5.16 Å². The van der Waals surface area contributed by atoms with Gasteiger partial charge in [0.05, 0.1) is 45.3 Å². The van der Waals surface area contributed by atoms with Crippen LogP contribution in [0.5, 0.6) is 5.75 Å². The van der Waals surface area contributed by atoms with Gasteiger partial charge in [-0.3, -0.25) is 18.6 Å². The zero-order valence-corrected chi connectivity index (χ0v) is 19.8. The smallest absolute Gasteiger partial charge is 0.312 e. The molecule has 2 unspecified atom stereocenters. The fraction of sp³-hybridized carbons (Fsp3) is 0.458. The quantitative estimate of drug-likeness (QED) is 0.414. The van der Waals surface area contributed by atoms with E-state index in [0.29, 0.717) is 5.16 Å². The number of esters is 1. The molecule has 0 N–H and O–H groups in total. The lowest BCUT2D eigenvalue weighted by Crippen LogP contribution is -2.25. The summed E-state index contributed by atoms with van der Waals surface area (Å²) in [6.07, 6.45) is 5.23. The zero-order chi connectivity index (χ0) is 22.9. The van der Waals surface area contributed by atoms with Crippen molar-refractivity contribution in [3.05, 3.63) is 47.8 Å². The van der Waals surface area contributed by atoms with Gasteiger partial charge in [-0.25, -0.2) is 4.98 Å². The standard InChI is InChI=1S/C24H29N3O4S/c1-24(2,3)22(28)31-15-27-18-11-7-6-10-17(18)26-23(27)32(29)20-12-8-5-9-16-19(30-4)13-14-25-21(16)20/h6-7,10-11,13-14,20H,5,8-9,12,15H2,1-4H3. The molecular weight excluding hydrogens is 426 g/mol. The summed E-state index contributed by atoms with van der Waals surface area (Å²) in [5.41, 5.74) is 2.70. The molecule has 0 saturated heterocycles. The number of fused-ring (bicyclic) bond motifs is 2. The highest BCUT2D eigenvalue weighted by Crippen LogP contribution is 2.38. The van der Waals surface area contributed by atoms with Crippen molar-refractivity contribution in [3.63, 3.8) is 0 Å². The molecule has 1 aromatic carbocycles. The summed E-state index contributed by atoms with van der Waals surface area (Å²) in [6.45, 7) is 5.38. The fourth-order valence-electron chi connectivity index (χ4n) is 3.99. The minimum Gasteiger partial charge on any atom is -0.496 e. The molecule has 3 aromatic rings. The van der Waals surface area contributed by atoms with Gasteiger partial charge in [0.25, 0.3) is 0 Å². The van der Waals surface area contributed by atoms with E-state index in [1.807, 2.05) is 51.1 Å². The van der Waals surface area contributed by atoms with E-state index in [1.165, 1.54) is 0 Å². The maximum Gasteiger partial charge on any atom is 0.312 e. The Morgan fingerprint density at radius 3 is 2.75 bits per heavy atom. The second-order valence-corrected chi connectivity index (χ2v) is 10.6. The number of carbonyl (C=O) groups is 1. The highest BCUT2D eigenvalue weighted by atomic mass is 32.2. The van der Waals surface area contributed by atoms with Gasteiger partial charge in [0, 0.05) is 11.8 Å². The topological polar surface area (TPSA) is 83.3 Å². The van der Waals surface area contributed by atoms with E-state index in [0.717, 1.165) is 53.7 Å². The number of benzene rings is 1. The van der Waals surface area contributed by atoms with Crippen LogP contribution in [0.3, 0.4) is 0 Å². The lowest BCUT2D eigenvalue weighted by Gasteiger charge is -2.20. The van der Waals surface area contributed by atoms with Crippen LogP contribution in [-0.4, -0.2) is 31.8 Å². The fourth-order valence-corrected chi connectivity index (χ4v) is 5.58. The van der Waals surface area contributed by atoms with Crippen LogP contribution in [0.2, 0.25) is 0 Å². The van der Waals surface area contributed by atoms with Crippen LogP contribution < -0.4 is 4.74 Å². The van der Waals surface area contributed by atoms with Crippen molar-refractivity contribution >= 4 is 27.8 Å². The molecule has 2 atom stereocenters. The van der Waals surface area contributed by atoms with Gasteiger partial charge in [0.1, 0.15) is 5.75 Å². The van der Waals surface area contributed by atoms with Crippen molar-refractivity contribution in [2.45, 2.75) is 63.6 Å². The van der Waals surface area contributed by atoms with Crippen LogP contribution in [0.1, 0.15) is 56.5 Å². The number of carbonyl (C=O) groups excluding carboxylic acids is 1. The molecule has 2 heterocycles. The Hall–Kier alpha value is -2.74. The Labute approximate surface area is 190 Å². The van der Waals surface area contributed by atoms with Crippen molar-refractivity contribution in [2.24, 2.45) is 5.41 Å². The Kier molecular flexibility index (Phi) is 6.33. The third-order valence-corrected chi connectivity index (χ3v) is 7.36. The Morgan fingerprint density at radius 2 is 2.00 bits per heavy atom. The molecule has 0 saturated carbocycles. The molecule has 8 heteroatoms. The lowest BCUT2D eigenvalue weighted by atomic mass is 9.98. The maximum absolute atomic E-state index is 14.0. The molecule has 7 nitrogen and oxygen atoms in total. The first-order valence-corrected chi connectivity index (χ1v) is 12.1. The minimum atomic E-state index is -1.49. The van der Waals surface area contributed by atoms with Gasteiger partial charge in [0.15, 0.2) is 6.73 Å². The summed E-state index contributed by atoms with van der Waals surface area (Å²) in [5.74, 6) is 0.463. The van der Waals surface area contributed by atoms with Gasteiger partial charge in [-0.15, -0.1) is 0 Å². The molecule has 2 aromatic heterocycles. The molecule has 1 aliphatic carbocycles. The summed E-state index contributed by atoms with van der Waals surface area (Å²) in [6, 6.07) is 9.41. The van der Waals surface area contributed by atoms with Gasteiger partial charge >= 0.3 is 5.97 Å². The second kappa shape index (κ2) is 9.02. The molecule has 32 heavy (non-hydrogen) atoms. The number of aromatic nitrogens is 3. The van der Waals surface area contributed by atoms with Crippen molar-refractivity contribution < 1.29 is 18.5 Å². The predicted molar refractivity (Wildman–Crippen MR) is 123 cm³/mol. The third-order valence-electron chi connectivity index (χ3n) is 5.71. The average Bonchev–Trinajstić information content (AvgIpc) is 3.00. The van der Waals surface area contributed by atoms with Crippen molar-refractivity contribution in [1.29, 1.82) is 0 Å². The van der Waals surface area contributed by atoms with E-state index in [9.17, 15) is 9.00 Å². The number of ether oxygens (including phenoxy) is 2. The largest absolute Gasteiger partial charge is 0.496 e. The summed E-state index contributed by atoms with van der Waals surface area (Å²) >= 11 is 0. The van der Waals surface area contributed by atoms with Crippen LogP contribution in [0.15, 0.2) is 41.7 Å². The molecule has 0 amide bonds. The molecule has 0 spiro atoms. The SMILES string of the molecule is COc1ccnc2c1CCCCC2S(=O)c1nc2ccccc2n1COC(=O)C(C)(C)C. The number of methoxy groups -OCH3 is 1. The zero-order valence-electron chi connectivity index (χ0n) is 19.0. The summed E-state index contributed by atoms with van der Waals surface area (Å²) < 4.78 is 26.8. The van der Waals surface area contributed by atoms with Crippen molar-refractivity contribution in [1.82, 2.24) is 14.5 Å². The van der Waals surface area contributed by atoms with Crippen molar-refractivity contribution in [2.75, 3.05) is 7.11 Å². The number of rotatable bonds is 5. The van der Waals surface area contributed by atoms with E-state index in [1.54, 1.807) is 17.9 Å². The van der Waals surface area contributed by atoms with Crippen LogP contribution in [0.25, 0.3) is 11.0 Å². The Balaban J connectivity index is 1.75. The number of hydrogen-bond acceptors (Lipinski definition) is 6. The predicted octanol–water partition coefficient (Wildman–Crippen LogP) is 4.56. The van der Waals surface area contributed by atoms with E-state index in [2.05, 4.69) is 9.97 Å². The number of imidazole rings is 1. The molecule has 0 fully saturated rings. The summed E-state index contributed by atoms with van der Waals surface area (Å²) in [7, 11) is 0.158. The lowest BCUT2D eigenvalue weighted by molar-refractivity contribution is -0.157. The van der Waals surface area contributed by atoms with Gasteiger partial charge < -0.3 is 9.47 Å². The highest BCUT2D eigenvalue weighted by Gasteiger charge is 2.32. The van der Waals surface area contributed by atoms with Crippen LogP contribution in [-0.2, 0) is 33.5 Å².